The van der Waals surface area contributed by atoms with Crippen LogP contribution in [-0.2, 0) is 6.54 Å². The Hall–Kier alpha value is -2.28. The molecule has 3 aromatic rings. The van der Waals surface area contributed by atoms with Crippen molar-refractivity contribution in [1.29, 1.82) is 0 Å². The average Bonchev–Trinajstić information content (AvgIpc) is 2.94. The van der Waals surface area contributed by atoms with E-state index >= 15 is 0 Å². The van der Waals surface area contributed by atoms with Gasteiger partial charge >= 0.3 is 0 Å². The number of fused-ring (bicyclic) bond motifs is 1. The molecule has 0 bridgehead atoms. The van der Waals surface area contributed by atoms with Gasteiger partial charge in [-0.05, 0) is 17.5 Å². The molecule has 1 aromatic carbocycles. The van der Waals surface area contributed by atoms with Gasteiger partial charge in [-0.2, -0.15) is 4.98 Å². The third-order valence-electron chi connectivity index (χ3n) is 3.01. The molecule has 108 valence electrons. The summed E-state index contributed by atoms with van der Waals surface area (Å²) in [5, 5.41) is 8.76. The summed E-state index contributed by atoms with van der Waals surface area (Å²) in [6.45, 7) is 0.219. The minimum absolute atomic E-state index is 0.219. The van der Waals surface area contributed by atoms with Gasteiger partial charge in [0.2, 0.25) is 5.95 Å². The van der Waals surface area contributed by atoms with Crippen LogP contribution in [0.3, 0.4) is 0 Å². The highest BCUT2D eigenvalue weighted by Crippen LogP contribution is 2.26. The quantitative estimate of drug-likeness (QED) is 0.773. The summed E-state index contributed by atoms with van der Waals surface area (Å²) >= 11 is 1.50. The maximum Gasteiger partial charge on any atom is 0.225 e. The number of benzene rings is 1. The molecule has 2 N–H and O–H groups in total. The van der Waals surface area contributed by atoms with Crippen LogP contribution in [-0.4, -0.2) is 17.0 Å². The lowest BCUT2D eigenvalue weighted by molar-refractivity contribution is 0.574. The second-order valence-corrected chi connectivity index (χ2v) is 5.27. The van der Waals surface area contributed by atoms with Crippen LogP contribution in [0.4, 0.5) is 20.5 Å². The van der Waals surface area contributed by atoms with Crippen LogP contribution in [0, 0.1) is 11.6 Å². The van der Waals surface area contributed by atoms with Gasteiger partial charge in [-0.25, -0.2) is 13.8 Å². The zero-order valence-electron chi connectivity index (χ0n) is 11.2. The molecule has 0 aliphatic rings. The van der Waals surface area contributed by atoms with E-state index in [0.29, 0.717) is 17.3 Å². The van der Waals surface area contributed by atoms with E-state index in [0.717, 1.165) is 16.3 Å². The monoisotopic (exact) mass is 306 g/mol. The van der Waals surface area contributed by atoms with Crippen LogP contribution < -0.4 is 10.6 Å². The largest absolute Gasteiger partial charge is 0.365 e. The molecule has 0 atom stereocenters. The van der Waals surface area contributed by atoms with E-state index in [9.17, 15) is 8.78 Å². The highest BCUT2D eigenvalue weighted by Gasteiger charge is 2.09. The number of hydrogen-bond donors (Lipinski definition) is 2. The van der Waals surface area contributed by atoms with Crippen molar-refractivity contribution < 1.29 is 8.78 Å². The highest BCUT2D eigenvalue weighted by molar-refractivity contribution is 7.16. The molecule has 0 saturated carbocycles. The number of nitrogens with zero attached hydrogens (tertiary/aromatic N) is 2. The minimum Gasteiger partial charge on any atom is -0.365 e. The van der Waals surface area contributed by atoms with Crippen molar-refractivity contribution in [2.75, 3.05) is 17.7 Å². The maximum absolute atomic E-state index is 13.6. The van der Waals surface area contributed by atoms with Gasteiger partial charge in [-0.15, -0.1) is 11.3 Å². The molecule has 7 heteroatoms. The van der Waals surface area contributed by atoms with Crippen LogP contribution in [0.5, 0.6) is 0 Å². The molecule has 0 saturated heterocycles. The van der Waals surface area contributed by atoms with Gasteiger partial charge in [0.1, 0.15) is 22.3 Å². The first kappa shape index (κ1) is 13.7. The van der Waals surface area contributed by atoms with Crippen LogP contribution in [0.1, 0.15) is 5.56 Å². The van der Waals surface area contributed by atoms with Crippen LogP contribution in [0.15, 0.2) is 29.6 Å². The van der Waals surface area contributed by atoms with E-state index in [-0.39, 0.29) is 6.54 Å². The molecule has 4 nitrogen and oxygen atoms in total. The lowest BCUT2D eigenvalue weighted by Gasteiger charge is -2.09. The van der Waals surface area contributed by atoms with E-state index in [1.54, 1.807) is 7.05 Å². The molecule has 0 aliphatic heterocycles. The van der Waals surface area contributed by atoms with E-state index in [1.807, 2.05) is 11.4 Å². The van der Waals surface area contributed by atoms with Crippen molar-refractivity contribution in [3.63, 3.8) is 0 Å². The lowest BCUT2D eigenvalue weighted by atomic mass is 10.2. The first-order valence-electron chi connectivity index (χ1n) is 6.28. The topological polar surface area (TPSA) is 49.8 Å². The fraction of sp³-hybridized carbons (Fsp3) is 0.143. The van der Waals surface area contributed by atoms with Crippen molar-refractivity contribution in [2.45, 2.75) is 6.54 Å². The number of aromatic nitrogens is 2. The van der Waals surface area contributed by atoms with Gasteiger partial charge in [0.05, 0.1) is 5.39 Å². The molecule has 0 spiro atoms. The summed E-state index contributed by atoms with van der Waals surface area (Å²) in [6, 6.07) is 5.43. The Morgan fingerprint density at radius 3 is 2.81 bits per heavy atom. The first-order chi connectivity index (χ1) is 10.2. The number of anilines is 2. The van der Waals surface area contributed by atoms with Crippen LogP contribution in [0.2, 0.25) is 0 Å². The Bertz CT molecular complexity index is 788. The smallest absolute Gasteiger partial charge is 0.225 e. The summed E-state index contributed by atoms with van der Waals surface area (Å²) in [5.41, 5.74) is 0.379. The normalized spacial score (nSPS) is 10.8. The molecular formula is C14H12F2N4S. The summed E-state index contributed by atoms with van der Waals surface area (Å²) < 4.78 is 26.5. The highest BCUT2D eigenvalue weighted by atomic mass is 32.1. The van der Waals surface area contributed by atoms with E-state index < -0.39 is 11.6 Å². The fourth-order valence-corrected chi connectivity index (χ4v) is 2.71. The molecule has 0 radical (unpaired) electrons. The zero-order valence-corrected chi connectivity index (χ0v) is 12.0. The molecule has 0 amide bonds. The summed E-state index contributed by atoms with van der Waals surface area (Å²) in [5.74, 6) is -0.0516. The molecule has 0 fully saturated rings. The molecule has 2 aromatic heterocycles. The van der Waals surface area contributed by atoms with Gasteiger partial charge < -0.3 is 10.6 Å². The number of nitrogens with one attached hydrogen (secondary N) is 2. The third-order valence-corrected chi connectivity index (χ3v) is 3.82. The first-order valence-corrected chi connectivity index (χ1v) is 7.16. The molecular weight excluding hydrogens is 294 g/mol. The summed E-state index contributed by atoms with van der Waals surface area (Å²) in [7, 11) is 1.73. The molecule has 2 heterocycles. The van der Waals surface area contributed by atoms with E-state index in [2.05, 4.69) is 20.6 Å². The van der Waals surface area contributed by atoms with Crippen molar-refractivity contribution >= 4 is 33.3 Å². The van der Waals surface area contributed by atoms with Crippen molar-refractivity contribution in [1.82, 2.24) is 9.97 Å². The van der Waals surface area contributed by atoms with Crippen LogP contribution >= 0.6 is 11.3 Å². The second-order valence-electron chi connectivity index (χ2n) is 4.37. The number of rotatable bonds is 4. The predicted molar refractivity (Wildman–Crippen MR) is 80.6 cm³/mol. The van der Waals surface area contributed by atoms with Crippen molar-refractivity contribution in [3.8, 4) is 0 Å². The average molecular weight is 306 g/mol. The Labute approximate surface area is 123 Å². The van der Waals surface area contributed by atoms with E-state index in [1.165, 1.54) is 23.5 Å². The standard InChI is InChI=1S/C14H12F2N4S/c1-17-14-19-12(10-4-5-21-13(10)20-14)18-7-8-2-3-9(15)6-11(8)16/h2-6H,7H2,1H3,(H2,17,18,19,20). The van der Waals surface area contributed by atoms with Gasteiger partial charge in [-0.1, -0.05) is 6.07 Å². The third kappa shape index (κ3) is 2.78. The lowest BCUT2D eigenvalue weighted by Crippen LogP contribution is -2.06. The van der Waals surface area contributed by atoms with Gasteiger partial charge in [-0.3, -0.25) is 0 Å². The second kappa shape index (κ2) is 5.61. The Kier molecular flexibility index (Phi) is 3.66. The molecule has 0 aliphatic carbocycles. The Morgan fingerprint density at radius 2 is 2.05 bits per heavy atom. The summed E-state index contributed by atoms with van der Waals surface area (Å²) in [6.07, 6.45) is 0. The van der Waals surface area contributed by atoms with Crippen molar-refractivity contribution in [3.05, 3.63) is 46.8 Å². The SMILES string of the molecule is CNc1nc(NCc2ccc(F)cc2F)c2ccsc2n1. The number of hydrogen-bond acceptors (Lipinski definition) is 5. The molecule has 21 heavy (non-hydrogen) atoms. The Morgan fingerprint density at radius 1 is 1.19 bits per heavy atom. The van der Waals surface area contributed by atoms with Crippen LogP contribution in [0.25, 0.3) is 10.2 Å². The zero-order chi connectivity index (χ0) is 14.8. The molecule has 0 unspecified atom stereocenters. The van der Waals surface area contributed by atoms with Gasteiger partial charge in [0.25, 0.3) is 0 Å². The minimum atomic E-state index is -0.587. The number of thiophene rings is 1. The van der Waals surface area contributed by atoms with Crippen molar-refractivity contribution in [2.24, 2.45) is 0 Å². The summed E-state index contributed by atoms with van der Waals surface area (Å²) in [4.78, 5) is 9.51. The van der Waals surface area contributed by atoms with E-state index in [4.69, 9.17) is 0 Å². The predicted octanol–water partition coefficient (Wildman–Crippen LogP) is 3.62. The van der Waals surface area contributed by atoms with Gasteiger partial charge in [0, 0.05) is 25.2 Å². The van der Waals surface area contributed by atoms with Gasteiger partial charge in [0.15, 0.2) is 0 Å². The molecule has 3 rings (SSSR count). The maximum atomic E-state index is 13.6. The Balaban J connectivity index is 1.89. The fourth-order valence-electron chi connectivity index (χ4n) is 1.95. The number of halogens is 2.